The molecular formula is C7H15N. The van der Waals surface area contributed by atoms with Crippen LogP contribution in [0, 0.1) is 5.41 Å². The molecule has 0 bridgehead atoms. The van der Waals surface area contributed by atoms with Crippen molar-refractivity contribution >= 4 is 0 Å². The standard InChI is InChI=1S/C7H15N/c1-5-7(3,4)6(2)8/h5-6H,1,8H2,2-4H3. The lowest BCUT2D eigenvalue weighted by Gasteiger charge is -2.23. The lowest BCUT2D eigenvalue weighted by Crippen LogP contribution is -2.32. The fourth-order valence-electron chi connectivity index (χ4n) is 0.186. The summed E-state index contributed by atoms with van der Waals surface area (Å²) in [6.07, 6.45) is 1.89. The highest BCUT2D eigenvalue weighted by Crippen LogP contribution is 2.18. The van der Waals surface area contributed by atoms with Crippen LogP contribution in [0.3, 0.4) is 0 Å². The van der Waals surface area contributed by atoms with Crippen molar-refractivity contribution < 1.29 is 0 Å². The predicted molar refractivity (Wildman–Crippen MR) is 37.6 cm³/mol. The molecule has 1 heteroatoms. The van der Waals surface area contributed by atoms with Gasteiger partial charge in [0.25, 0.3) is 0 Å². The molecule has 0 rings (SSSR count). The Kier molecular flexibility index (Phi) is 2.23. The Morgan fingerprint density at radius 1 is 1.62 bits per heavy atom. The van der Waals surface area contributed by atoms with Crippen LogP contribution in [-0.4, -0.2) is 6.04 Å². The number of rotatable bonds is 2. The Morgan fingerprint density at radius 2 is 2.00 bits per heavy atom. The molecule has 0 aliphatic rings. The predicted octanol–water partition coefficient (Wildman–Crippen LogP) is 1.55. The van der Waals surface area contributed by atoms with Crippen molar-refractivity contribution in [1.29, 1.82) is 0 Å². The molecule has 0 radical (unpaired) electrons. The zero-order valence-corrected chi connectivity index (χ0v) is 5.94. The fraction of sp³-hybridized carbons (Fsp3) is 0.714. The summed E-state index contributed by atoms with van der Waals surface area (Å²) in [6.45, 7) is 9.81. The van der Waals surface area contributed by atoms with E-state index < -0.39 is 0 Å². The summed E-state index contributed by atoms with van der Waals surface area (Å²) in [5, 5.41) is 0. The monoisotopic (exact) mass is 113 g/mol. The highest BCUT2D eigenvalue weighted by molar-refractivity contribution is 4.93. The number of hydrogen-bond donors (Lipinski definition) is 1. The van der Waals surface area contributed by atoms with E-state index in [9.17, 15) is 0 Å². The van der Waals surface area contributed by atoms with Crippen LogP contribution in [-0.2, 0) is 0 Å². The van der Waals surface area contributed by atoms with Crippen LogP contribution in [0.1, 0.15) is 20.8 Å². The molecule has 0 spiro atoms. The van der Waals surface area contributed by atoms with Crippen molar-refractivity contribution in [1.82, 2.24) is 0 Å². The average Bonchev–Trinajstić information content (AvgIpc) is 1.67. The van der Waals surface area contributed by atoms with Crippen molar-refractivity contribution in [2.24, 2.45) is 11.1 Å². The Morgan fingerprint density at radius 3 is 2.00 bits per heavy atom. The van der Waals surface area contributed by atoms with Gasteiger partial charge in [-0.3, -0.25) is 0 Å². The van der Waals surface area contributed by atoms with Gasteiger partial charge in [-0.15, -0.1) is 6.58 Å². The normalized spacial score (nSPS) is 15.5. The lowest BCUT2D eigenvalue weighted by atomic mass is 9.86. The van der Waals surface area contributed by atoms with Gasteiger partial charge in [0.1, 0.15) is 0 Å². The summed E-state index contributed by atoms with van der Waals surface area (Å²) in [4.78, 5) is 0. The van der Waals surface area contributed by atoms with Crippen LogP contribution in [0.25, 0.3) is 0 Å². The maximum absolute atomic E-state index is 5.61. The van der Waals surface area contributed by atoms with Gasteiger partial charge in [0.2, 0.25) is 0 Å². The highest BCUT2D eigenvalue weighted by Gasteiger charge is 2.17. The van der Waals surface area contributed by atoms with Crippen molar-refractivity contribution in [2.45, 2.75) is 26.8 Å². The zero-order valence-electron chi connectivity index (χ0n) is 5.94. The molecule has 0 aromatic heterocycles. The van der Waals surface area contributed by atoms with Gasteiger partial charge in [0.15, 0.2) is 0 Å². The van der Waals surface area contributed by atoms with Gasteiger partial charge in [0.05, 0.1) is 0 Å². The molecule has 0 heterocycles. The number of nitrogens with two attached hydrogens (primary N) is 1. The topological polar surface area (TPSA) is 26.0 Å². The van der Waals surface area contributed by atoms with Crippen LogP contribution in [0.4, 0.5) is 0 Å². The maximum atomic E-state index is 5.61. The SMILES string of the molecule is C=CC(C)(C)C(C)N. The van der Waals surface area contributed by atoms with Crippen LogP contribution < -0.4 is 5.73 Å². The summed E-state index contributed by atoms with van der Waals surface area (Å²) in [5.41, 5.74) is 5.69. The first-order valence-corrected chi connectivity index (χ1v) is 2.90. The van der Waals surface area contributed by atoms with E-state index in [-0.39, 0.29) is 11.5 Å². The first kappa shape index (κ1) is 7.70. The van der Waals surface area contributed by atoms with E-state index in [4.69, 9.17) is 5.73 Å². The quantitative estimate of drug-likeness (QED) is 0.540. The molecule has 0 aromatic rings. The van der Waals surface area contributed by atoms with Crippen molar-refractivity contribution in [3.8, 4) is 0 Å². The van der Waals surface area contributed by atoms with E-state index in [1.807, 2.05) is 13.0 Å². The molecule has 0 amide bonds. The van der Waals surface area contributed by atoms with Gasteiger partial charge in [-0.2, -0.15) is 0 Å². The minimum Gasteiger partial charge on any atom is -0.327 e. The smallest absolute Gasteiger partial charge is 0.00964 e. The van der Waals surface area contributed by atoms with Crippen LogP contribution in [0.5, 0.6) is 0 Å². The Bertz CT molecular complexity index is 82.4. The second-order valence-corrected chi connectivity index (χ2v) is 2.81. The zero-order chi connectivity index (χ0) is 6.78. The lowest BCUT2D eigenvalue weighted by molar-refractivity contribution is 0.395. The largest absolute Gasteiger partial charge is 0.327 e. The second kappa shape index (κ2) is 2.31. The van der Waals surface area contributed by atoms with Crippen molar-refractivity contribution in [2.75, 3.05) is 0 Å². The van der Waals surface area contributed by atoms with Crippen LogP contribution in [0.15, 0.2) is 12.7 Å². The Hall–Kier alpha value is -0.300. The van der Waals surface area contributed by atoms with Crippen LogP contribution >= 0.6 is 0 Å². The summed E-state index contributed by atoms with van der Waals surface area (Å²) in [7, 11) is 0. The van der Waals surface area contributed by atoms with Gasteiger partial charge in [0, 0.05) is 6.04 Å². The van der Waals surface area contributed by atoms with Gasteiger partial charge < -0.3 is 5.73 Å². The molecule has 0 aliphatic carbocycles. The van der Waals surface area contributed by atoms with Gasteiger partial charge in [-0.25, -0.2) is 0 Å². The summed E-state index contributed by atoms with van der Waals surface area (Å²) in [6, 6.07) is 0.194. The molecule has 1 unspecified atom stereocenters. The molecule has 8 heavy (non-hydrogen) atoms. The minimum atomic E-state index is 0.0833. The van der Waals surface area contributed by atoms with E-state index in [1.54, 1.807) is 0 Å². The van der Waals surface area contributed by atoms with E-state index in [0.29, 0.717) is 0 Å². The Balaban J connectivity index is 3.90. The van der Waals surface area contributed by atoms with E-state index in [1.165, 1.54) is 0 Å². The summed E-state index contributed by atoms with van der Waals surface area (Å²) >= 11 is 0. The molecule has 1 atom stereocenters. The first-order valence-electron chi connectivity index (χ1n) is 2.90. The Labute approximate surface area is 51.6 Å². The fourth-order valence-corrected chi connectivity index (χ4v) is 0.186. The average molecular weight is 113 g/mol. The minimum absolute atomic E-state index is 0.0833. The third-order valence-corrected chi connectivity index (χ3v) is 1.70. The molecule has 0 fully saturated rings. The highest BCUT2D eigenvalue weighted by atomic mass is 14.6. The second-order valence-electron chi connectivity index (χ2n) is 2.81. The van der Waals surface area contributed by atoms with Crippen LogP contribution in [0.2, 0.25) is 0 Å². The third-order valence-electron chi connectivity index (χ3n) is 1.70. The van der Waals surface area contributed by atoms with Gasteiger partial charge >= 0.3 is 0 Å². The molecule has 1 nitrogen and oxygen atoms in total. The van der Waals surface area contributed by atoms with Crippen molar-refractivity contribution in [3.63, 3.8) is 0 Å². The van der Waals surface area contributed by atoms with Crippen molar-refractivity contribution in [3.05, 3.63) is 12.7 Å². The molecule has 48 valence electrons. The van der Waals surface area contributed by atoms with E-state index in [0.717, 1.165) is 0 Å². The summed E-state index contributed by atoms with van der Waals surface area (Å²) in [5.74, 6) is 0. The molecular weight excluding hydrogens is 98.1 g/mol. The van der Waals surface area contributed by atoms with E-state index >= 15 is 0 Å². The van der Waals surface area contributed by atoms with Gasteiger partial charge in [-0.1, -0.05) is 19.9 Å². The third kappa shape index (κ3) is 1.66. The van der Waals surface area contributed by atoms with Gasteiger partial charge in [-0.05, 0) is 12.3 Å². The molecule has 0 saturated carbocycles. The molecule has 0 aliphatic heterocycles. The molecule has 0 saturated heterocycles. The maximum Gasteiger partial charge on any atom is 0.00964 e. The molecule has 0 aromatic carbocycles. The summed E-state index contributed by atoms with van der Waals surface area (Å²) < 4.78 is 0. The van der Waals surface area contributed by atoms with E-state index in [2.05, 4.69) is 20.4 Å². The molecule has 2 N–H and O–H groups in total. The number of hydrogen-bond acceptors (Lipinski definition) is 1. The first-order chi connectivity index (χ1) is 3.50.